The molecule has 4 nitrogen and oxygen atoms in total. The lowest BCUT2D eigenvalue weighted by Gasteiger charge is -2.22. The number of hydrogen-bond donors (Lipinski definition) is 0. The second-order valence-corrected chi connectivity index (χ2v) is 6.99. The Morgan fingerprint density at radius 1 is 1.00 bits per heavy atom. The minimum Gasteiger partial charge on any atom is -0.435 e. The summed E-state index contributed by atoms with van der Waals surface area (Å²) in [6.45, 7) is -1.47. The molecule has 0 spiro atoms. The molecule has 26 heavy (non-hydrogen) atoms. The van der Waals surface area contributed by atoms with Gasteiger partial charge in [-0.2, -0.15) is 8.78 Å². The van der Waals surface area contributed by atoms with E-state index in [0.29, 0.717) is 19.6 Å². The molecule has 0 saturated heterocycles. The van der Waals surface area contributed by atoms with Crippen molar-refractivity contribution in [3.8, 4) is 5.75 Å². The molecule has 1 amide bonds. The molecule has 0 N–H and O–H groups in total. The SMILES string of the molecule is CN(CC(=O)N(C)Cc1ccc(OC(F)F)cc1)Cc1ccc(Br)cc1. The highest BCUT2D eigenvalue weighted by Gasteiger charge is 2.13. The highest BCUT2D eigenvalue weighted by Crippen LogP contribution is 2.16. The number of ether oxygens (including phenoxy) is 1. The molecular weight excluding hydrogens is 406 g/mol. The zero-order valence-corrected chi connectivity index (χ0v) is 16.2. The summed E-state index contributed by atoms with van der Waals surface area (Å²) in [6, 6.07) is 14.3. The van der Waals surface area contributed by atoms with Gasteiger partial charge < -0.3 is 9.64 Å². The number of carbonyl (C=O) groups excluding carboxylic acids is 1. The van der Waals surface area contributed by atoms with E-state index in [2.05, 4.69) is 20.7 Å². The second kappa shape index (κ2) is 9.64. The van der Waals surface area contributed by atoms with Gasteiger partial charge in [-0.1, -0.05) is 40.2 Å². The van der Waals surface area contributed by atoms with E-state index in [1.807, 2.05) is 36.2 Å². The lowest BCUT2D eigenvalue weighted by molar-refractivity contribution is -0.131. The van der Waals surface area contributed by atoms with Crippen LogP contribution in [0.2, 0.25) is 0 Å². The largest absolute Gasteiger partial charge is 0.435 e. The normalized spacial score (nSPS) is 11.0. The van der Waals surface area contributed by atoms with Crippen LogP contribution in [0.3, 0.4) is 0 Å². The Morgan fingerprint density at radius 2 is 1.54 bits per heavy atom. The number of likely N-dealkylation sites (N-methyl/N-ethyl adjacent to an activating group) is 2. The van der Waals surface area contributed by atoms with Crippen molar-refractivity contribution >= 4 is 21.8 Å². The molecule has 0 aromatic heterocycles. The molecule has 2 aromatic carbocycles. The Labute approximate surface area is 160 Å². The van der Waals surface area contributed by atoms with Crippen molar-refractivity contribution in [2.24, 2.45) is 0 Å². The van der Waals surface area contributed by atoms with Crippen molar-refractivity contribution in [2.75, 3.05) is 20.6 Å². The number of hydrogen-bond acceptors (Lipinski definition) is 3. The molecule has 0 heterocycles. The quantitative estimate of drug-likeness (QED) is 0.635. The van der Waals surface area contributed by atoms with E-state index < -0.39 is 6.61 Å². The Hall–Kier alpha value is -1.99. The van der Waals surface area contributed by atoms with Crippen LogP contribution < -0.4 is 4.74 Å². The van der Waals surface area contributed by atoms with Crippen LogP contribution in [0.25, 0.3) is 0 Å². The molecule has 7 heteroatoms. The zero-order chi connectivity index (χ0) is 19.1. The van der Waals surface area contributed by atoms with Gasteiger partial charge in [0.05, 0.1) is 6.54 Å². The number of halogens is 3. The fraction of sp³-hybridized carbons (Fsp3) is 0.316. The minimum absolute atomic E-state index is 0.0162. The van der Waals surface area contributed by atoms with Crippen molar-refractivity contribution in [1.29, 1.82) is 0 Å². The first-order chi connectivity index (χ1) is 12.3. The van der Waals surface area contributed by atoms with Gasteiger partial charge in [0.2, 0.25) is 5.91 Å². The van der Waals surface area contributed by atoms with Gasteiger partial charge in [0.25, 0.3) is 0 Å². The van der Waals surface area contributed by atoms with Crippen LogP contribution in [0.15, 0.2) is 53.0 Å². The highest BCUT2D eigenvalue weighted by atomic mass is 79.9. The molecule has 0 saturated carbocycles. The van der Waals surface area contributed by atoms with Gasteiger partial charge in [0, 0.05) is 24.6 Å². The third kappa shape index (κ3) is 6.72. The molecule has 140 valence electrons. The predicted molar refractivity (Wildman–Crippen MR) is 100 cm³/mol. The molecule has 0 bridgehead atoms. The van der Waals surface area contributed by atoms with Crippen molar-refractivity contribution in [3.63, 3.8) is 0 Å². The highest BCUT2D eigenvalue weighted by molar-refractivity contribution is 9.10. The first-order valence-corrected chi connectivity index (χ1v) is 8.83. The molecule has 0 aliphatic carbocycles. The maximum absolute atomic E-state index is 12.4. The molecule has 0 aliphatic heterocycles. The van der Waals surface area contributed by atoms with Gasteiger partial charge in [-0.25, -0.2) is 0 Å². The summed E-state index contributed by atoms with van der Waals surface area (Å²) in [5.74, 6) is 0.0875. The van der Waals surface area contributed by atoms with Crippen LogP contribution in [-0.2, 0) is 17.9 Å². The van der Waals surface area contributed by atoms with Crippen molar-refractivity contribution in [3.05, 3.63) is 64.1 Å². The number of amides is 1. The Balaban J connectivity index is 1.83. The van der Waals surface area contributed by atoms with Gasteiger partial charge in [-0.3, -0.25) is 9.69 Å². The van der Waals surface area contributed by atoms with Crippen LogP contribution >= 0.6 is 15.9 Å². The predicted octanol–water partition coefficient (Wildman–Crippen LogP) is 4.14. The number of carbonyl (C=O) groups is 1. The summed E-state index contributed by atoms with van der Waals surface area (Å²) in [4.78, 5) is 15.9. The smallest absolute Gasteiger partial charge is 0.387 e. The summed E-state index contributed by atoms with van der Waals surface area (Å²) in [5, 5.41) is 0. The monoisotopic (exact) mass is 426 g/mol. The van der Waals surface area contributed by atoms with E-state index in [-0.39, 0.29) is 11.7 Å². The third-order valence-corrected chi connectivity index (χ3v) is 4.29. The summed E-state index contributed by atoms with van der Waals surface area (Å²) in [5.41, 5.74) is 1.97. The fourth-order valence-corrected chi connectivity index (χ4v) is 2.71. The van der Waals surface area contributed by atoms with Crippen LogP contribution in [-0.4, -0.2) is 43.0 Å². The zero-order valence-electron chi connectivity index (χ0n) is 14.7. The minimum atomic E-state index is -2.84. The van der Waals surface area contributed by atoms with E-state index >= 15 is 0 Å². The van der Waals surface area contributed by atoms with Crippen LogP contribution in [0.5, 0.6) is 5.75 Å². The number of rotatable bonds is 8. The van der Waals surface area contributed by atoms with Gasteiger partial charge >= 0.3 is 6.61 Å². The number of benzene rings is 2. The van der Waals surface area contributed by atoms with E-state index in [9.17, 15) is 13.6 Å². The van der Waals surface area contributed by atoms with Crippen molar-refractivity contribution in [1.82, 2.24) is 9.80 Å². The number of nitrogens with zero attached hydrogens (tertiary/aromatic N) is 2. The van der Waals surface area contributed by atoms with E-state index in [1.54, 1.807) is 24.1 Å². The van der Waals surface area contributed by atoms with E-state index in [0.717, 1.165) is 15.6 Å². The maximum Gasteiger partial charge on any atom is 0.387 e. The molecule has 2 aromatic rings. The first kappa shape index (κ1) is 20.3. The van der Waals surface area contributed by atoms with E-state index in [1.165, 1.54) is 12.1 Å². The lowest BCUT2D eigenvalue weighted by Crippen LogP contribution is -2.36. The molecule has 0 fully saturated rings. The topological polar surface area (TPSA) is 32.8 Å². The Morgan fingerprint density at radius 3 is 2.12 bits per heavy atom. The maximum atomic E-state index is 12.4. The van der Waals surface area contributed by atoms with Gasteiger partial charge in [-0.15, -0.1) is 0 Å². The third-order valence-electron chi connectivity index (χ3n) is 3.76. The average Bonchev–Trinajstić information content (AvgIpc) is 2.58. The molecule has 0 unspecified atom stereocenters. The van der Waals surface area contributed by atoms with Crippen molar-refractivity contribution in [2.45, 2.75) is 19.7 Å². The summed E-state index contributed by atoms with van der Waals surface area (Å²) in [6.07, 6.45) is 0. The van der Waals surface area contributed by atoms with Gasteiger partial charge in [0.15, 0.2) is 0 Å². The van der Waals surface area contributed by atoms with Crippen LogP contribution in [0.4, 0.5) is 8.78 Å². The van der Waals surface area contributed by atoms with Gasteiger partial charge in [0.1, 0.15) is 5.75 Å². The first-order valence-electron chi connectivity index (χ1n) is 8.04. The fourth-order valence-electron chi connectivity index (χ4n) is 2.45. The Bertz CT molecular complexity index is 708. The lowest BCUT2D eigenvalue weighted by atomic mass is 10.2. The van der Waals surface area contributed by atoms with Gasteiger partial charge in [-0.05, 0) is 42.4 Å². The molecule has 2 rings (SSSR count). The summed E-state index contributed by atoms with van der Waals surface area (Å²) in [7, 11) is 3.61. The molecule has 0 atom stereocenters. The second-order valence-electron chi connectivity index (χ2n) is 6.07. The average molecular weight is 427 g/mol. The van der Waals surface area contributed by atoms with Crippen LogP contribution in [0, 0.1) is 0 Å². The summed E-state index contributed by atoms with van der Waals surface area (Å²) < 4.78 is 29.6. The van der Waals surface area contributed by atoms with E-state index in [4.69, 9.17) is 0 Å². The molecular formula is C19H21BrF2N2O2. The van der Waals surface area contributed by atoms with Crippen molar-refractivity contribution < 1.29 is 18.3 Å². The molecule has 0 aliphatic rings. The number of alkyl halides is 2. The van der Waals surface area contributed by atoms with Crippen LogP contribution in [0.1, 0.15) is 11.1 Å². The standard InChI is InChI=1S/C19H21BrF2N2O2/c1-23(11-14-3-7-16(20)8-4-14)13-18(25)24(2)12-15-5-9-17(10-6-15)26-19(21)22/h3-10,19H,11-13H2,1-2H3. The molecule has 0 radical (unpaired) electrons. The Kier molecular flexibility index (Phi) is 7.53. The summed E-state index contributed by atoms with van der Waals surface area (Å²) >= 11 is 3.40.